The van der Waals surface area contributed by atoms with Crippen molar-refractivity contribution in [3.63, 3.8) is 0 Å². The lowest BCUT2D eigenvalue weighted by Crippen LogP contribution is -2.46. The number of hydrogen-bond acceptors (Lipinski definition) is 3. The van der Waals surface area contributed by atoms with Gasteiger partial charge in [-0.25, -0.2) is 0 Å². The molecule has 3 amide bonds. The number of nitrogens with zero attached hydrogens (tertiary/aromatic N) is 1. The molecule has 5 heteroatoms. The summed E-state index contributed by atoms with van der Waals surface area (Å²) in [6.07, 6.45) is 2.70. The smallest absolute Gasteiger partial charge is 0.252 e. The Kier molecular flexibility index (Phi) is 2.69. The normalized spacial score (nSPS) is 41.5. The Morgan fingerprint density at radius 2 is 1.64 bits per heavy atom. The Labute approximate surface area is 129 Å². The first-order chi connectivity index (χ1) is 10.5. The zero-order chi connectivity index (χ0) is 15.8. The molecular weight excluding hydrogens is 280 g/mol. The Bertz CT molecular complexity index is 608. The van der Waals surface area contributed by atoms with Crippen LogP contribution in [0.5, 0.6) is 0 Å². The van der Waals surface area contributed by atoms with E-state index in [0.29, 0.717) is 11.8 Å². The van der Waals surface area contributed by atoms with E-state index in [9.17, 15) is 14.4 Å². The summed E-state index contributed by atoms with van der Waals surface area (Å²) in [4.78, 5) is 37.2. The summed E-state index contributed by atoms with van der Waals surface area (Å²) in [5.74, 6) is 0.165. The first-order valence-electron chi connectivity index (χ1n) is 7.92. The summed E-state index contributed by atoms with van der Waals surface area (Å²) in [7, 11) is 0. The number of carbonyl (C=O) groups excluding carboxylic acids is 3. The van der Waals surface area contributed by atoms with Crippen LogP contribution in [0.15, 0.2) is 23.8 Å². The van der Waals surface area contributed by atoms with Gasteiger partial charge in [-0.05, 0) is 43.9 Å². The molecule has 1 heterocycles. The zero-order valence-electron chi connectivity index (χ0n) is 12.8. The van der Waals surface area contributed by atoms with E-state index >= 15 is 0 Å². The summed E-state index contributed by atoms with van der Waals surface area (Å²) >= 11 is 0. The summed E-state index contributed by atoms with van der Waals surface area (Å²) < 4.78 is 0. The van der Waals surface area contributed by atoms with Crippen molar-refractivity contribution < 1.29 is 14.4 Å². The molecule has 3 fully saturated rings. The predicted molar refractivity (Wildman–Crippen MR) is 78.7 cm³/mol. The molecule has 0 aromatic rings. The fraction of sp³-hybridized carbons (Fsp3) is 0.588. The fourth-order valence-corrected chi connectivity index (χ4v) is 5.18. The van der Waals surface area contributed by atoms with Crippen LogP contribution in [-0.2, 0) is 14.4 Å². The van der Waals surface area contributed by atoms with E-state index in [1.807, 2.05) is 0 Å². The maximum Gasteiger partial charge on any atom is 0.252 e. The molecule has 2 saturated carbocycles. The average molecular weight is 300 g/mol. The number of rotatable bonds is 3. The fourth-order valence-electron chi connectivity index (χ4n) is 5.18. The molecule has 1 N–H and O–H groups in total. The van der Waals surface area contributed by atoms with Gasteiger partial charge in [-0.1, -0.05) is 17.2 Å². The summed E-state index contributed by atoms with van der Waals surface area (Å²) in [6.45, 7) is 7.71. The Hall–Kier alpha value is -1.91. The van der Waals surface area contributed by atoms with Crippen molar-refractivity contribution in [1.82, 2.24) is 10.4 Å². The highest BCUT2D eigenvalue weighted by atomic mass is 16.2. The largest absolute Gasteiger partial charge is 0.273 e. The molecule has 0 aromatic carbocycles. The van der Waals surface area contributed by atoms with Crippen molar-refractivity contribution in [2.24, 2.45) is 35.5 Å². The third-order valence-electron chi connectivity index (χ3n) is 6.17. The van der Waals surface area contributed by atoms with E-state index in [-0.39, 0.29) is 47.8 Å². The third kappa shape index (κ3) is 1.51. The monoisotopic (exact) mass is 300 g/mol. The zero-order valence-corrected chi connectivity index (χ0v) is 12.8. The SMILES string of the molecule is C=CCC(=O)NN1C(=O)[C@@H]2C3C(C)=C(C)C(C4CC43)[C@@H]2C1=O. The van der Waals surface area contributed by atoms with E-state index in [4.69, 9.17) is 0 Å². The average Bonchev–Trinajstić information content (AvgIpc) is 3.23. The topological polar surface area (TPSA) is 66.5 Å². The second-order valence-corrected chi connectivity index (χ2v) is 7.07. The lowest BCUT2D eigenvalue weighted by Gasteiger charge is -2.44. The molecule has 4 unspecified atom stereocenters. The van der Waals surface area contributed by atoms with Gasteiger partial charge < -0.3 is 0 Å². The van der Waals surface area contributed by atoms with Crippen LogP contribution in [0.25, 0.3) is 0 Å². The first-order valence-corrected chi connectivity index (χ1v) is 7.92. The van der Waals surface area contributed by atoms with Gasteiger partial charge in [-0.2, -0.15) is 5.01 Å². The molecule has 1 aliphatic heterocycles. The number of allylic oxidation sites excluding steroid dienone is 2. The Balaban J connectivity index is 1.67. The molecule has 5 nitrogen and oxygen atoms in total. The van der Waals surface area contributed by atoms with Crippen molar-refractivity contribution in [3.05, 3.63) is 23.8 Å². The van der Waals surface area contributed by atoms with Crippen LogP contribution in [0.4, 0.5) is 0 Å². The molecular formula is C17H20N2O3. The van der Waals surface area contributed by atoms with E-state index < -0.39 is 0 Å². The van der Waals surface area contributed by atoms with E-state index in [2.05, 4.69) is 25.9 Å². The highest BCUT2D eigenvalue weighted by molar-refractivity contribution is 6.07. The maximum atomic E-state index is 12.7. The molecule has 1 saturated heterocycles. The number of imide groups is 1. The second-order valence-electron chi connectivity index (χ2n) is 7.07. The number of hydrogen-bond donors (Lipinski definition) is 1. The van der Waals surface area contributed by atoms with Gasteiger partial charge in [0.05, 0.1) is 11.8 Å². The highest BCUT2D eigenvalue weighted by Gasteiger charge is 2.69. The summed E-state index contributed by atoms with van der Waals surface area (Å²) in [6, 6.07) is 0. The first kappa shape index (κ1) is 13.7. The summed E-state index contributed by atoms with van der Waals surface area (Å²) in [5, 5.41) is 0.984. The van der Waals surface area contributed by atoms with Crippen molar-refractivity contribution >= 4 is 17.7 Å². The maximum absolute atomic E-state index is 12.7. The minimum atomic E-state index is -0.366. The van der Waals surface area contributed by atoms with Crippen LogP contribution in [0.2, 0.25) is 0 Å². The molecule has 4 aliphatic carbocycles. The lowest BCUT2D eigenvalue weighted by molar-refractivity contribution is -0.149. The number of hydrazine groups is 1. The van der Waals surface area contributed by atoms with Gasteiger partial charge in [0, 0.05) is 6.42 Å². The van der Waals surface area contributed by atoms with Gasteiger partial charge in [-0.3, -0.25) is 19.8 Å². The molecule has 116 valence electrons. The van der Waals surface area contributed by atoms with Gasteiger partial charge >= 0.3 is 0 Å². The van der Waals surface area contributed by atoms with Crippen molar-refractivity contribution in [3.8, 4) is 0 Å². The van der Waals surface area contributed by atoms with Gasteiger partial charge in [0.2, 0.25) is 5.91 Å². The lowest BCUT2D eigenvalue weighted by atomic mass is 9.57. The van der Waals surface area contributed by atoms with Gasteiger partial charge in [0.1, 0.15) is 0 Å². The molecule has 2 bridgehead atoms. The Morgan fingerprint density at radius 1 is 1.14 bits per heavy atom. The van der Waals surface area contributed by atoms with Crippen LogP contribution in [0.3, 0.4) is 0 Å². The third-order valence-corrected chi connectivity index (χ3v) is 6.17. The quantitative estimate of drug-likeness (QED) is 0.633. The highest BCUT2D eigenvalue weighted by Crippen LogP contribution is 2.69. The van der Waals surface area contributed by atoms with Crippen LogP contribution < -0.4 is 5.43 Å². The Morgan fingerprint density at radius 3 is 2.09 bits per heavy atom. The number of amides is 3. The van der Waals surface area contributed by atoms with Crippen molar-refractivity contribution in [1.29, 1.82) is 0 Å². The number of nitrogens with one attached hydrogen (secondary N) is 1. The summed E-state index contributed by atoms with van der Waals surface area (Å²) in [5.41, 5.74) is 5.06. The minimum absolute atomic E-state index is 0.0980. The molecule has 0 radical (unpaired) electrons. The van der Waals surface area contributed by atoms with Crippen LogP contribution in [0.1, 0.15) is 26.7 Å². The molecule has 5 aliphatic rings. The number of carbonyl (C=O) groups is 3. The molecule has 5 rings (SSSR count). The second kappa shape index (κ2) is 4.31. The van der Waals surface area contributed by atoms with Crippen LogP contribution in [-0.4, -0.2) is 22.7 Å². The van der Waals surface area contributed by atoms with E-state index in [1.54, 1.807) is 0 Å². The van der Waals surface area contributed by atoms with Crippen molar-refractivity contribution in [2.45, 2.75) is 26.7 Å². The van der Waals surface area contributed by atoms with Gasteiger partial charge in [0.15, 0.2) is 0 Å². The van der Waals surface area contributed by atoms with Gasteiger partial charge in [-0.15, -0.1) is 6.58 Å². The molecule has 22 heavy (non-hydrogen) atoms. The molecule has 0 aromatic heterocycles. The van der Waals surface area contributed by atoms with E-state index in [0.717, 1.165) is 11.4 Å². The minimum Gasteiger partial charge on any atom is -0.273 e. The van der Waals surface area contributed by atoms with Crippen LogP contribution >= 0.6 is 0 Å². The van der Waals surface area contributed by atoms with E-state index in [1.165, 1.54) is 17.2 Å². The van der Waals surface area contributed by atoms with Crippen LogP contribution in [0, 0.1) is 35.5 Å². The molecule has 6 atom stereocenters. The molecule has 0 spiro atoms. The van der Waals surface area contributed by atoms with Crippen molar-refractivity contribution in [2.75, 3.05) is 0 Å². The standard InChI is InChI=1S/C17H20N2O3/c1-4-5-11(20)18-19-16(21)14-12-7(2)8(3)13(10-6-9(10)12)15(14)17(19)22/h4,9-10,12-15H,1,5-6H2,2-3H3,(H,18,20)/t9?,10?,12?,13?,14-,15+. The predicted octanol–water partition coefficient (Wildman–Crippen LogP) is 1.43. The van der Waals surface area contributed by atoms with Gasteiger partial charge in [0.25, 0.3) is 11.8 Å².